The number of aliphatic hydroxyl groups is 1. The van der Waals surface area contributed by atoms with E-state index in [0.717, 1.165) is 24.8 Å². The van der Waals surface area contributed by atoms with Crippen molar-refractivity contribution in [1.82, 2.24) is 9.78 Å². The van der Waals surface area contributed by atoms with E-state index in [1.165, 1.54) is 12.8 Å². The van der Waals surface area contributed by atoms with Crippen LogP contribution in [0.2, 0.25) is 0 Å². The smallest absolute Gasteiger partial charge is 0.399 e. The van der Waals surface area contributed by atoms with Crippen LogP contribution in [0.4, 0.5) is 0 Å². The lowest BCUT2D eigenvalue weighted by Gasteiger charge is -2.32. The van der Waals surface area contributed by atoms with Gasteiger partial charge in [-0.2, -0.15) is 5.10 Å². The number of hydrogen-bond acceptors (Lipinski definition) is 4. The molecule has 5 nitrogen and oxygen atoms in total. The second-order valence-corrected chi connectivity index (χ2v) is 8.15. The van der Waals surface area contributed by atoms with E-state index in [4.69, 9.17) is 9.31 Å². The predicted molar refractivity (Wildman–Crippen MR) is 90.5 cm³/mol. The van der Waals surface area contributed by atoms with Crippen LogP contribution in [0.25, 0.3) is 0 Å². The molecule has 0 bridgehead atoms. The zero-order chi connectivity index (χ0) is 16.7. The molecule has 0 aromatic carbocycles. The first kappa shape index (κ1) is 17.0. The maximum Gasteiger partial charge on any atom is 0.498 e. The third-order valence-corrected chi connectivity index (χ3v) is 5.85. The monoisotopic (exact) mass is 320 g/mol. The SMILES string of the molecule is CC1(C)OB(c2cnn(CC3CCC(CO)CC3)c2)OC1(C)C. The molecule has 1 saturated heterocycles. The first-order valence-electron chi connectivity index (χ1n) is 8.79. The summed E-state index contributed by atoms with van der Waals surface area (Å²) in [5.41, 5.74) is 0.359. The zero-order valence-corrected chi connectivity index (χ0v) is 14.8. The van der Waals surface area contributed by atoms with Crippen LogP contribution in [0.5, 0.6) is 0 Å². The fourth-order valence-electron chi connectivity index (χ4n) is 3.44. The van der Waals surface area contributed by atoms with Crippen LogP contribution < -0.4 is 5.46 Å². The summed E-state index contributed by atoms with van der Waals surface area (Å²) in [6.07, 6.45) is 8.54. The minimum atomic E-state index is -0.334. The van der Waals surface area contributed by atoms with Gasteiger partial charge in [-0.1, -0.05) is 0 Å². The van der Waals surface area contributed by atoms with E-state index in [1.807, 2.05) is 10.9 Å². The maximum atomic E-state index is 9.23. The summed E-state index contributed by atoms with van der Waals surface area (Å²) in [7, 11) is -0.334. The Hall–Kier alpha value is -0.845. The van der Waals surface area contributed by atoms with Crippen molar-refractivity contribution in [3.05, 3.63) is 12.4 Å². The Labute approximate surface area is 139 Å². The van der Waals surface area contributed by atoms with Crippen molar-refractivity contribution < 1.29 is 14.4 Å². The van der Waals surface area contributed by atoms with Crippen LogP contribution in [0.1, 0.15) is 53.4 Å². The molecule has 1 aromatic rings. The van der Waals surface area contributed by atoms with Crippen LogP contribution in [-0.4, -0.2) is 39.8 Å². The van der Waals surface area contributed by atoms with Gasteiger partial charge in [0.1, 0.15) is 0 Å². The van der Waals surface area contributed by atoms with E-state index in [0.29, 0.717) is 18.4 Å². The van der Waals surface area contributed by atoms with Gasteiger partial charge in [0.25, 0.3) is 0 Å². The van der Waals surface area contributed by atoms with Crippen molar-refractivity contribution in [2.24, 2.45) is 11.8 Å². The molecule has 0 radical (unpaired) electrons. The summed E-state index contributed by atoms with van der Waals surface area (Å²) in [6.45, 7) is 9.54. The van der Waals surface area contributed by atoms with Gasteiger partial charge in [-0.15, -0.1) is 0 Å². The fourth-order valence-corrected chi connectivity index (χ4v) is 3.44. The first-order chi connectivity index (χ1) is 10.8. The Bertz CT molecular complexity index is 520. The van der Waals surface area contributed by atoms with Gasteiger partial charge >= 0.3 is 7.12 Å². The van der Waals surface area contributed by atoms with Gasteiger partial charge in [0.05, 0.1) is 11.2 Å². The van der Waals surface area contributed by atoms with Crippen LogP contribution in [0.15, 0.2) is 12.4 Å². The second-order valence-electron chi connectivity index (χ2n) is 8.15. The van der Waals surface area contributed by atoms with Crippen molar-refractivity contribution in [1.29, 1.82) is 0 Å². The Balaban J connectivity index is 1.59. The highest BCUT2D eigenvalue weighted by molar-refractivity contribution is 6.61. The molecule has 23 heavy (non-hydrogen) atoms. The van der Waals surface area contributed by atoms with E-state index in [-0.39, 0.29) is 18.3 Å². The molecule has 0 amide bonds. The van der Waals surface area contributed by atoms with Crippen molar-refractivity contribution >= 4 is 12.6 Å². The van der Waals surface area contributed by atoms with Gasteiger partial charge in [-0.3, -0.25) is 4.68 Å². The lowest BCUT2D eigenvalue weighted by Crippen LogP contribution is -2.41. The van der Waals surface area contributed by atoms with E-state index in [1.54, 1.807) is 0 Å². The lowest BCUT2D eigenvalue weighted by atomic mass is 9.81. The number of hydrogen-bond donors (Lipinski definition) is 1. The quantitative estimate of drug-likeness (QED) is 0.862. The van der Waals surface area contributed by atoms with Crippen LogP contribution in [0, 0.1) is 11.8 Å². The van der Waals surface area contributed by atoms with Gasteiger partial charge in [0.15, 0.2) is 0 Å². The standard InChI is InChI=1S/C17H29BN2O3/c1-16(2)17(3,4)23-18(22-16)15-9-19-20(11-15)10-13-5-7-14(12-21)8-6-13/h9,11,13-14,21H,5-8,10,12H2,1-4H3. The molecule has 6 heteroatoms. The average Bonchev–Trinajstić information content (AvgIpc) is 3.03. The third kappa shape index (κ3) is 3.49. The molecular weight excluding hydrogens is 291 g/mol. The first-order valence-corrected chi connectivity index (χ1v) is 8.79. The largest absolute Gasteiger partial charge is 0.498 e. The minimum Gasteiger partial charge on any atom is -0.399 e. The van der Waals surface area contributed by atoms with E-state index in [9.17, 15) is 5.11 Å². The average molecular weight is 320 g/mol. The van der Waals surface area contributed by atoms with E-state index in [2.05, 4.69) is 39.0 Å². The van der Waals surface area contributed by atoms with Gasteiger partial charge < -0.3 is 14.4 Å². The highest BCUT2D eigenvalue weighted by atomic mass is 16.7. The van der Waals surface area contributed by atoms with Gasteiger partial charge in [0.2, 0.25) is 0 Å². The van der Waals surface area contributed by atoms with Crippen LogP contribution >= 0.6 is 0 Å². The number of rotatable bonds is 4. The minimum absolute atomic E-state index is 0.317. The Morgan fingerprint density at radius 1 is 1.13 bits per heavy atom. The summed E-state index contributed by atoms with van der Waals surface area (Å²) in [6, 6.07) is 0. The molecule has 0 atom stereocenters. The molecule has 1 saturated carbocycles. The summed E-state index contributed by atoms with van der Waals surface area (Å²) in [5, 5.41) is 13.7. The van der Waals surface area contributed by atoms with Gasteiger partial charge in [-0.25, -0.2) is 0 Å². The maximum absolute atomic E-state index is 9.23. The molecule has 1 aliphatic heterocycles. The van der Waals surface area contributed by atoms with E-state index >= 15 is 0 Å². The number of nitrogens with zero attached hydrogens (tertiary/aromatic N) is 2. The molecular formula is C17H29BN2O3. The summed E-state index contributed by atoms with van der Waals surface area (Å²) < 4.78 is 14.2. The summed E-state index contributed by atoms with van der Waals surface area (Å²) in [4.78, 5) is 0. The molecule has 1 N–H and O–H groups in total. The van der Waals surface area contributed by atoms with Crippen LogP contribution in [0.3, 0.4) is 0 Å². The van der Waals surface area contributed by atoms with Crippen molar-refractivity contribution in [2.75, 3.05) is 6.61 Å². The molecule has 0 spiro atoms. The Morgan fingerprint density at radius 2 is 1.70 bits per heavy atom. The summed E-state index contributed by atoms with van der Waals surface area (Å²) >= 11 is 0. The molecule has 0 unspecified atom stereocenters. The highest BCUT2D eigenvalue weighted by Crippen LogP contribution is 2.36. The zero-order valence-electron chi connectivity index (χ0n) is 14.8. The topological polar surface area (TPSA) is 56.5 Å². The molecule has 2 fully saturated rings. The highest BCUT2D eigenvalue weighted by Gasteiger charge is 2.52. The van der Waals surface area contributed by atoms with Crippen molar-refractivity contribution in [3.63, 3.8) is 0 Å². The predicted octanol–water partition coefficient (Wildman–Crippen LogP) is 1.98. The number of aromatic nitrogens is 2. The second kappa shape index (κ2) is 6.23. The molecule has 1 aromatic heterocycles. The summed E-state index contributed by atoms with van der Waals surface area (Å²) in [5.74, 6) is 1.16. The lowest BCUT2D eigenvalue weighted by molar-refractivity contribution is 0.00578. The molecule has 128 valence electrons. The number of aliphatic hydroxyl groups excluding tert-OH is 1. The van der Waals surface area contributed by atoms with Gasteiger partial charge in [-0.05, 0) is 65.2 Å². The normalized spacial score (nSPS) is 29.9. The molecule has 2 aliphatic rings. The van der Waals surface area contributed by atoms with Crippen LogP contribution in [-0.2, 0) is 15.9 Å². The van der Waals surface area contributed by atoms with Crippen molar-refractivity contribution in [2.45, 2.75) is 71.1 Å². The Morgan fingerprint density at radius 3 is 2.26 bits per heavy atom. The molecule has 2 heterocycles. The molecule has 3 rings (SSSR count). The van der Waals surface area contributed by atoms with E-state index < -0.39 is 0 Å². The third-order valence-electron chi connectivity index (χ3n) is 5.85. The molecule has 1 aliphatic carbocycles. The fraction of sp³-hybridized carbons (Fsp3) is 0.824. The van der Waals surface area contributed by atoms with Crippen molar-refractivity contribution in [3.8, 4) is 0 Å². The van der Waals surface area contributed by atoms with Gasteiger partial charge in [0, 0.05) is 31.0 Å². The Kier molecular flexibility index (Phi) is 4.60.